The number of unbranched alkanes of at least 4 members (excludes halogenated alkanes) is 3. The van der Waals surface area contributed by atoms with Crippen LogP contribution < -0.4 is 4.74 Å². The van der Waals surface area contributed by atoms with E-state index in [1.54, 1.807) is 24.3 Å². The summed E-state index contributed by atoms with van der Waals surface area (Å²) in [5.74, 6) is -2.49. The van der Waals surface area contributed by atoms with Crippen LogP contribution in [0.2, 0.25) is 10.0 Å². The van der Waals surface area contributed by atoms with Crippen molar-refractivity contribution in [1.82, 2.24) is 4.90 Å². The number of benzene rings is 3. The van der Waals surface area contributed by atoms with Crippen LogP contribution in [0.25, 0.3) is 0 Å². The summed E-state index contributed by atoms with van der Waals surface area (Å²) in [5.41, 5.74) is 3.31. The van der Waals surface area contributed by atoms with Crippen molar-refractivity contribution >= 4 is 35.0 Å². The molecule has 1 atom stereocenters. The van der Waals surface area contributed by atoms with Gasteiger partial charge in [-0.15, -0.1) is 0 Å². The maximum Gasteiger partial charge on any atom is 0.453 e. The van der Waals surface area contributed by atoms with Crippen LogP contribution in [0.5, 0.6) is 5.75 Å². The lowest BCUT2D eigenvalue weighted by Crippen LogP contribution is -2.38. The molecule has 3 aromatic rings. The number of likely N-dealkylation sites (N-methyl/N-ethyl adjacent to an activating group) is 1. The number of ketones is 1. The van der Waals surface area contributed by atoms with Gasteiger partial charge < -0.3 is 14.7 Å². The fraction of sp³-hybridized carbons (Fsp3) is 0.412. The third kappa shape index (κ3) is 12.1. The largest absolute Gasteiger partial charge is 0.482 e. The second-order valence-corrected chi connectivity index (χ2v) is 11.9. The average Bonchev–Trinajstić information content (AvgIpc) is 2.98. The summed E-state index contributed by atoms with van der Waals surface area (Å²) >= 11 is 12.2. The molecule has 238 valence electrons. The number of carboxylic acid groups (broad SMARTS) is 1. The predicted molar refractivity (Wildman–Crippen MR) is 168 cm³/mol. The van der Waals surface area contributed by atoms with Crippen LogP contribution in [0.15, 0.2) is 72.8 Å². The summed E-state index contributed by atoms with van der Waals surface area (Å²) in [6.45, 7) is 1.61. The second kappa shape index (κ2) is 17.4. The van der Waals surface area contributed by atoms with Crippen LogP contribution >= 0.6 is 23.2 Å². The van der Waals surface area contributed by atoms with Gasteiger partial charge in [-0.2, -0.15) is 13.2 Å². The topological polar surface area (TPSA) is 66.8 Å². The summed E-state index contributed by atoms with van der Waals surface area (Å²) in [7, 11) is 2.07. The third-order valence-electron chi connectivity index (χ3n) is 7.42. The standard InChI is InChI=1S/C34H38Cl2F3NO4/c1-40(23-30(25-12-16-27(35)17-13-25)26-14-18-28(36)19-15-26)22-6-7-24-10-20-29(21-11-24)44-31(33(43)34(37,38)39)8-4-2-3-5-9-32(41)42/h10-21,30-31H,2-9,22-23H2,1H3,(H,41,42). The van der Waals surface area contributed by atoms with Gasteiger partial charge in [0.05, 0.1) is 0 Å². The van der Waals surface area contributed by atoms with E-state index in [0.29, 0.717) is 35.7 Å². The van der Waals surface area contributed by atoms with E-state index in [1.165, 1.54) is 0 Å². The lowest BCUT2D eigenvalue weighted by molar-refractivity contribution is -0.178. The molecule has 0 bridgehead atoms. The molecule has 44 heavy (non-hydrogen) atoms. The number of halogens is 5. The number of aliphatic carboxylic acids is 1. The summed E-state index contributed by atoms with van der Waals surface area (Å²) in [4.78, 5) is 24.9. The zero-order valence-electron chi connectivity index (χ0n) is 24.7. The van der Waals surface area contributed by atoms with Crippen molar-refractivity contribution < 1.29 is 32.6 Å². The van der Waals surface area contributed by atoms with Crippen molar-refractivity contribution in [3.8, 4) is 5.75 Å². The minimum absolute atomic E-state index is 0.0113. The van der Waals surface area contributed by atoms with Crippen LogP contribution in [0, 0.1) is 0 Å². The lowest BCUT2D eigenvalue weighted by atomic mass is 9.91. The normalized spacial score (nSPS) is 12.5. The summed E-state index contributed by atoms with van der Waals surface area (Å²) in [6.07, 6.45) is -3.24. The highest BCUT2D eigenvalue weighted by Gasteiger charge is 2.44. The molecule has 0 saturated carbocycles. The predicted octanol–water partition coefficient (Wildman–Crippen LogP) is 8.99. The Bertz CT molecular complexity index is 1270. The molecule has 0 radical (unpaired) electrons. The molecule has 10 heteroatoms. The number of alkyl halides is 3. The number of carboxylic acids is 1. The molecule has 0 aliphatic heterocycles. The fourth-order valence-corrected chi connectivity index (χ4v) is 5.29. The first kappa shape index (κ1) is 35.4. The quantitative estimate of drug-likeness (QED) is 0.139. The van der Waals surface area contributed by atoms with Gasteiger partial charge in [-0.1, -0.05) is 72.4 Å². The SMILES string of the molecule is CN(CCCc1ccc(OC(CCCCCCC(=O)O)C(=O)C(F)(F)F)cc1)CC(c1ccc(Cl)cc1)c1ccc(Cl)cc1. The van der Waals surface area contributed by atoms with Gasteiger partial charge in [-0.3, -0.25) is 9.59 Å². The van der Waals surface area contributed by atoms with Crippen molar-refractivity contribution in [2.45, 2.75) is 69.6 Å². The number of hydrogen-bond acceptors (Lipinski definition) is 4. The molecule has 0 aliphatic rings. The Balaban J connectivity index is 1.52. The molecule has 5 nitrogen and oxygen atoms in total. The number of ether oxygens (including phenoxy) is 1. The lowest BCUT2D eigenvalue weighted by Gasteiger charge is -2.25. The Kier molecular flexibility index (Phi) is 14.0. The molecule has 1 unspecified atom stereocenters. The highest BCUT2D eigenvalue weighted by Crippen LogP contribution is 2.28. The first-order chi connectivity index (χ1) is 20.9. The third-order valence-corrected chi connectivity index (χ3v) is 7.93. The number of nitrogens with zero attached hydrogens (tertiary/aromatic N) is 1. The van der Waals surface area contributed by atoms with E-state index >= 15 is 0 Å². The molecule has 0 aliphatic carbocycles. The summed E-state index contributed by atoms with van der Waals surface area (Å²) in [6, 6.07) is 22.5. The van der Waals surface area contributed by atoms with Crippen molar-refractivity contribution in [3.05, 3.63) is 99.5 Å². The van der Waals surface area contributed by atoms with Gasteiger partial charge in [0, 0.05) is 28.9 Å². The van der Waals surface area contributed by atoms with Crippen LogP contribution in [0.1, 0.15) is 67.6 Å². The van der Waals surface area contributed by atoms with Crippen LogP contribution in [-0.4, -0.2) is 54.2 Å². The minimum Gasteiger partial charge on any atom is -0.482 e. The van der Waals surface area contributed by atoms with Crippen molar-refractivity contribution in [3.63, 3.8) is 0 Å². The van der Waals surface area contributed by atoms with E-state index in [4.69, 9.17) is 33.0 Å². The van der Waals surface area contributed by atoms with E-state index in [9.17, 15) is 22.8 Å². The van der Waals surface area contributed by atoms with Gasteiger partial charge in [0.15, 0.2) is 6.10 Å². The zero-order valence-corrected chi connectivity index (χ0v) is 26.2. The summed E-state index contributed by atoms with van der Waals surface area (Å²) in [5, 5.41) is 10.1. The number of rotatable bonds is 18. The number of carbonyl (C=O) groups excluding carboxylic acids is 1. The van der Waals surface area contributed by atoms with Gasteiger partial charge in [0.2, 0.25) is 0 Å². The van der Waals surface area contributed by atoms with Gasteiger partial charge in [0.1, 0.15) is 5.75 Å². The molecule has 0 spiro atoms. The molecule has 3 aromatic carbocycles. The average molecular weight is 653 g/mol. The maximum atomic E-state index is 13.2. The smallest absolute Gasteiger partial charge is 0.453 e. The van der Waals surface area contributed by atoms with Gasteiger partial charge in [-0.25, -0.2) is 0 Å². The maximum absolute atomic E-state index is 13.2. The minimum atomic E-state index is -5.00. The van der Waals surface area contributed by atoms with Gasteiger partial charge >= 0.3 is 12.1 Å². The van der Waals surface area contributed by atoms with Crippen molar-refractivity contribution in [1.29, 1.82) is 0 Å². The van der Waals surface area contributed by atoms with Crippen LogP contribution in [0.4, 0.5) is 13.2 Å². The van der Waals surface area contributed by atoms with Crippen molar-refractivity contribution in [2.24, 2.45) is 0 Å². The zero-order chi connectivity index (χ0) is 32.1. The van der Waals surface area contributed by atoms with Crippen LogP contribution in [0.3, 0.4) is 0 Å². The first-order valence-corrected chi connectivity index (χ1v) is 15.5. The Morgan fingerprint density at radius 1 is 0.818 bits per heavy atom. The Labute approximate surface area is 266 Å². The highest BCUT2D eigenvalue weighted by atomic mass is 35.5. The van der Waals surface area contributed by atoms with Gasteiger partial charge in [0.25, 0.3) is 5.78 Å². The number of hydrogen-bond donors (Lipinski definition) is 1. The van der Waals surface area contributed by atoms with E-state index < -0.39 is 24.0 Å². The Hall–Kier alpha value is -3.07. The molecule has 0 aromatic heterocycles. The molecule has 0 saturated heterocycles. The number of aryl methyl sites for hydroxylation is 1. The molecule has 0 heterocycles. The van der Waals surface area contributed by atoms with E-state index in [2.05, 4.69) is 11.9 Å². The Morgan fingerprint density at radius 2 is 1.36 bits per heavy atom. The van der Waals surface area contributed by atoms with Crippen molar-refractivity contribution in [2.75, 3.05) is 20.1 Å². The summed E-state index contributed by atoms with van der Waals surface area (Å²) < 4.78 is 45.1. The fourth-order valence-electron chi connectivity index (χ4n) is 5.03. The number of carbonyl (C=O) groups is 2. The van der Waals surface area contributed by atoms with E-state index in [-0.39, 0.29) is 24.5 Å². The molecule has 3 rings (SSSR count). The van der Waals surface area contributed by atoms with E-state index in [1.807, 2.05) is 48.5 Å². The molecule has 0 amide bonds. The van der Waals surface area contributed by atoms with Gasteiger partial charge in [-0.05, 0) is 98.8 Å². The highest BCUT2D eigenvalue weighted by molar-refractivity contribution is 6.30. The first-order valence-electron chi connectivity index (χ1n) is 14.7. The second-order valence-electron chi connectivity index (χ2n) is 11.0. The number of Topliss-reactive ketones (excluding diaryl/α,β-unsaturated/α-hetero) is 1. The molecule has 1 N–H and O–H groups in total. The Morgan fingerprint density at radius 3 is 1.89 bits per heavy atom. The van der Waals surface area contributed by atoms with Crippen LogP contribution in [-0.2, 0) is 16.0 Å². The monoisotopic (exact) mass is 651 g/mol. The molecule has 0 fully saturated rings. The molecular formula is C34H38Cl2F3NO4. The molecular weight excluding hydrogens is 614 g/mol. The van der Waals surface area contributed by atoms with E-state index in [0.717, 1.165) is 42.6 Å².